The Bertz CT molecular complexity index is 2690. The second-order valence-electron chi connectivity index (χ2n) is 15.7. The largest absolute Gasteiger partial charge is 0.456 e. The highest BCUT2D eigenvalue weighted by Gasteiger charge is 2.61. The van der Waals surface area contributed by atoms with Gasteiger partial charge >= 0.3 is 0 Å². The molecular weight excluding hydrogens is 621 g/mol. The molecule has 51 heavy (non-hydrogen) atoms. The van der Waals surface area contributed by atoms with E-state index in [1.807, 2.05) is 0 Å². The van der Waals surface area contributed by atoms with E-state index in [1.54, 1.807) is 5.56 Å². The van der Waals surface area contributed by atoms with E-state index >= 15 is 0 Å². The standard InChI is InChI=1S/C48H36N2O/c1-2-11-30(12-3-1)46-34-14-5-8-18-40(34)49-47(50-46)37-21-22-39-45(44(37)36-16-10-20-42-43(36)35-15-6-9-19-41(35)51-42)33-13-4-7-17-38(33)48(39)31-24-28-23-29(26-31)27-32(48)25-28/h1-22,28-29,31-32H,23-27H2. The Kier molecular flexibility index (Phi) is 5.67. The summed E-state index contributed by atoms with van der Waals surface area (Å²) in [5.41, 5.74) is 14.3. The lowest BCUT2D eigenvalue weighted by Crippen LogP contribution is -2.55. The highest BCUT2D eigenvalue weighted by Crippen LogP contribution is 2.70. The van der Waals surface area contributed by atoms with Crippen molar-refractivity contribution >= 4 is 32.8 Å². The summed E-state index contributed by atoms with van der Waals surface area (Å²) >= 11 is 0. The molecule has 0 amide bonds. The van der Waals surface area contributed by atoms with Crippen LogP contribution in [0.1, 0.15) is 43.2 Å². The van der Waals surface area contributed by atoms with Gasteiger partial charge in [0.05, 0.1) is 11.2 Å². The molecule has 4 saturated carbocycles. The van der Waals surface area contributed by atoms with E-state index in [2.05, 4.69) is 133 Å². The Balaban J connectivity index is 1.22. The van der Waals surface area contributed by atoms with Gasteiger partial charge in [-0.25, -0.2) is 9.97 Å². The second kappa shape index (κ2) is 10.3. The molecule has 3 nitrogen and oxygen atoms in total. The molecular formula is C48H36N2O. The van der Waals surface area contributed by atoms with Crippen molar-refractivity contribution in [2.24, 2.45) is 23.7 Å². The number of hydrogen-bond donors (Lipinski definition) is 0. The van der Waals surface area contributed by atoms with Crippen molar-refractivity contribution in [3.63, 3.8) is 0 Å². The van der Waals surface area contributed by atoms with Crippen molar-refractivity contribution in [2.75, 3.05) is 0 Å². The highest BCUT2D eigenvalue weighted by atomic mass is 16.3. The van der Waals surface area contributed by atoms with Crippen LogP contribution in [0.25, 0.3) is 77.7 Å². The third kappa shape index (κ3) is 3.74. The molecule has 0 N–H and O–H groups in total. The van der Waals surface area contributed by atoms with Crippen LogP contribution in [0.4, 0.5) is 0 Å². The van der Waals surface area contributed by atoms with Gasteiger partial charge < -0.3 is 4.42 Å². The lowest BCUT2D eigenvalue weighted by atomic mass is 9.43. The maximum absolute atomic E-state index is 6.54. The minimum absolute atomic E-state index is 0.0540. The van der Waals surface area contributed by atoms with Crippen LogP contribution in [0.5, 0.6) is 0 Å². The van der Waals surface area contributed by atoms with Crippen LogP contribution in [-0.2, 0) is 5.41 Å². The van der Waals surface area contributed by atoms with Gasteiger partial charge in [0, 0.05) is 38.3 Å². The fourth-order valence-electron chi connectivity index (χ4n) is 11.7. The summed E-state index contributed by atoms with van der Waals surface area (Å²) in [4.78, 5) is 10.9. The summed E-state index contributed by atoms with van der Waals surface area (Å²) in [7, 11) is 0. The van der Waals surface area contributed by atoms with Crippen LogP contribution in [-0.4, -0.2) is 9.97 Å². The molecule has 1 spiro atoms. The van der Waals surface area contributed by atoms with Crippen molar-refractivity contribution in [3.05, 3.63) is 145 Å². The average molecular weight is 657 g/mol. The van der Waals surface area contributed by atoms with E-state index in [9.17, 15) is 0 Å². The lowest BCUT2D eigenvalue weighted by Gasteiger charge is -2.61. The number of fused-ring (bicyclic) bond motifs is 7. The first-order valence-electron chi connectivity index (χ1n) is 18.8. The second-order valence-corrected chi connectivity index (χ2v) is 15.7. The van der Waals surface area contributed by atoms with E-state index in [0.29, 0.717) is 11.8 Å². The van der Waals surface area contributed by atoms with E-state index in [-0.39, 0.29) is 5.41 Å². The van der Waals surface area contributed by atoms with E-state index in [4.69, 9.17) is 14.4 Å². The van der Waals surface area contributed by atoms with Crippen LogP contribution >= 0.6 is 0 Å². The molecule has 0 unspecified atom stereocenters. The maximum Gasteiger partial charge on any atom is 0.161 e. The van der Waals surface area contributed by atoms with Crippen LogP contribution in [0.2, 0.25) is 0 Å². The van der Waals surface area contributed by atoms with Gasteiger partial charge in [0.25, 0.3) is 0 Å². The van der Waals surface area contributed by atoms with Gasteiger partial charge in [-0.05, 0) is 102 Å². The number of aromatic nitrogens is 2. The van der Waals surface area contributed by atoms with E-state index < -0.39 is 0 Å². The quantitative estimate of drug-likeness (QED) is 0.190. The molecule has 2 aromatic heterocycles. The predicted molar refractivity (Wildman–Crippen MR) is 206 cm³/mol. The molecule has 4 fully saturated rings. The van der Waals surface area contributed by atoms with Crippen LogP contribution in [0, 0.1) is 23.7 Å². The summed E-state index contributed by atoms with van der Waals surface area (Å²) in [5, 5.41) is 3.37. The van der Waals surface area contributed by atoms with Crippen LogP contribution in [0.3, 0.4) is 0 Å². The first-order valence-corrected chi connectivity index (χ1v) is 18.8. The number of furan rings is 1. The highest BCUT2D eigenvalue weighted by molar-refractivity contribution is 6.16. The third-order valence-electron chi connectivity index (χ3n) is 13.3. The topological polar surface area (TPSA) is 38.9 Å². The Hall–Kier alpha value is -5.54. The molecule has 0 radical (unpaired) electrons. The van der Waals surface area contributed by atoms with Crippen molar-refractivity contribution < 1.29 is 4.42 Å². The molecule has 0 aliphatic heterocycles. The minimum atomic E-state index is 0.0540. The Morgan fingerprint density at radius 2 is 1.18 bits per heavy atom. The monoisotopic (exact) mass is 656 g/mol. The van der Waals surface area contributed by atoms with Crippen molar-refractivity contribution in [1.82, 2.24) is 9.97 Å². The van der Waals surface area contributed by atoms with Crippen molar-refractivity contribution in [2.45, 2.75) is 37.5 Å². The molecule has 3 heteroatoms. The predicted octanol–water partition coefficient (Wildman–Crippen LogP) is 12.3. The average Bonchev–Trinajstić information content (AvgIpc) is 3.70. The molecule has 5 aliphatic rings. The van der Waals surface area contributed by atoms with Crippen LogP contribution in [0.15, 0.2) is 138 Å². The fourth-order valence-corrected chi connectivity index (χ4v) is 11.7. The first kappa shape index (κ1) is 28.2. The van der Waals surface area contributed by atoms with Gasteiger partial charge in [0.1, 0.15) is 11.2 Å². The summed E-state index contributed by atoms with van der Waals surface area (Å²) in [6, 6.07) is 48.4. The van der Waals surface area contributed by atoms with Gasteiger partial charge in [-0.3, -0.25) is 0 Å². The maximum atomic E-state index is 6.54. The molecule has 4 bridgehead atoms. The van der Waals surface area contributed by atoms with Gasteiger partial charge in [0.15, 0.2) is 5.82 Å². The normalized spacial score (nSPS) is 24.2. The van der Waals surface area contributed by atoms with Crippen molar-refractivity contribution in [1.29, 1.82) is 0 Å². The van der Waals surface area contributed by atoms with Gasteiger partial charge in [-0.15, -0.1) is 0 Å². The molecule has 8 aromatic rings. The number of rotatable bonds is 3. The number of para-hydroxylation sites is 2. The SMILES string of the molecule is c1ccc(-c2nc(-c3ccc4c(c3-c3cccc5oc6ccccc6c35)-c3ccccc3C43C4CC5CC(C4)CC3C5)nc3ccccc23)cc1. The van der Waals surface area contributed by atoms with Gasteiger partial charge in [-0.2, -0.15) is 0 Å². The smallest absolute Gasteiger partial charge is 0.161 e. The third-order valence-corrected chi connectivity index (χ3v) is 13.3. The Morgan fingerprint density at radius 3 is 2.02 bits per heavy atom. The molecule has 0 atom stereocenters. The number of benzene rings is 6. The van der Waals surface area contributed by atoms with Crippen LogP contribution < -0.4 is 0 Å². The molecule has 5 aliphatic carbocycles. The van der Waals surface area contributed by atoms with Crippen molar-refractivity contribution in [3.8, 4) is 44.9 Å². The molecule has 244 valence electrons. The van der Waals surface area contributed by atoms with E-state index in [1.165, 1.54) is 59.9 Å². The zero-order chi connectivity index (χ0) is 33.3. The van der Waals surface area contributed by atoms with Gasteiger partial charge in [0.2, 0.25) is 0 Å². The minimum Gasteiger partial charge on any atom is -0.456 e. The summed E-state index contributed by atoms with van der Waals surface area (Å²) in [6.45, 7) is 0. The number of nitrogens with zero attached hydrogens (tertiary/aromatic N) is 2. The lowest BCUT2D eigenvalue weighted by molar-refractivity contribution is -0.0399. The van der Waals surface area contributed by atoms with Gasteiger partial charge in [-0.1, -0.05) is 115 Å². The first-order chi connectivity index (χ1) is 25.3. The molecule has 0 saturated heterocycles. The summed E-state index contributed by atoms with van der Waals surface area (Å²) in [5.74, 6) is 3.91. The molecule has 6 aromatic carbocycles. The van der Waals surface area contributed by atoms with E-state index in [0.717, 1.165) is 67.3 Å². The fraction of sp³-hybridized carbons (Fsp3) is 0.208. The molecule has 2 heterocycles. The molecule has 13 rings (SSSR count). The zero-order valence-electron chi connectivity index (χ0n) is 28.3. The Morgan fingerprint density at radius 1 is 0.490 bits per heavy atom. The summed E-state index contributed by atoms with van der Waals surface area (Å²) < 4.78 is 6.54. The number of hydrogen-bond acceptors (Lipinski definition) is 3. The Labute approximate surface area is 297 Å². The summed E-state index contributed by atoms with van der Waals surface area (Å²) in [6.07, 6.45) is 6.87. The zero-order valence-corrected chi connectivity index (χ0v) is 28.3.